The zero-order valence-corrected chi connectivity index (χ0v) is 13.1. The maximum absolute atomic E-state index is 5.34. The molecule has 0 aliphatic rings. The zero-order valence-electron chi connectivity index (χ0n) is 13.1. The molecule has 22 heavy (non-hydrogen) atoms. The Morgan fingerprint density at radius 2 is 2.05 bits per heavy atom. The van der Waals surface area contributed by atoms with Gasteiger partial charge in [0.05, 0.1) is 26.1 Å². The van der Waals surface area contributed by atoms with E-state index in [9.17, 15) is 0 Å². The van der Waals surface area contributed by atoms with E-state index >= 15 is 0 Å². The first-order chi connectivity index (χ1) is 10.8. The fourth-order valence-corrected chi connectivity index (χ4v) is 1.86. The van der Waals surface area contributed by atoms with Crippen molar-refractivity contribution < 1.29 is 9.47 Å². The summed E-state index contributed by atoms with van der Waals surface area (Å²) >= 11 is 0. The Kier molecular flexibility index (Phi) is 5.76. The van der Waals surface area contributed by atoms with Gasteiger partial charge in [0, 0.05) is 12.6 Å². The van der Waals surface area contributed by atoms with Crippen molar-refractivity contribution in [2.24, 2.45) is 0 Å². The van der Waals surface area contributed by atoms with E-state index in [0.29, 0.717) is 17.5 Å². The highest BCUT2D eigenvalue weighted by atomic mass is 16.5. The summed E-state index contributed by atoms with van der Waals surface area (Å²) < 4.78 is 10.5. The third-order valence-electron chi connectivity index (χ3n) is 3.05. The van der Waals surface area contributed by atoms with Crippen LogP contribution in [0.5, 0.6) is 11.5 Å². The van der Waals surface area contributed by atoms with Crippen molar-refractivity contribution in [3.8, 4) is 11.5 Å². The molecule has 0 aliphatic heterocycles. The first kappa shape index (κ1) is 15.8. The number of hydrogen-bond donors (Lipinski definition) is 2. The molecule has 7 heteroatoms. The fourth-order valence-electron chi connectivity index (χ4n) is 1.86. The molecule has 0 amide bonds. The topological polar surface area (TPSA) is 81.2 Å². The number of nitrogens with one attached hydrogen (secondary N) is 2. The van der Waals surface area contributed by atoms with Gasteiger partial charge in [-0.2, -0.15) is 10.1 Å². The van der Waals surface area contributed by atoms with Gasteiger partial charge >= 0.3 is 0 Å². The van der Waals surface area contributed by atoms with Gasteiger partial charge in [-0.05, 0) is 18.6 Å². The minimum Gasteiger partial charge on any atom is -0.497 e. The first-order valence-corrected chi connectivity index (χ1v) is 7.19. The molecule has 2 aromatic rings. The van der Waals surface area contributed by atoms with Gasteiger partial charge < -0.3 is 20.1 Å². The lowest BCUT2D eigenvalue weighted by Gasteiger charge is -2.11. The zero-order chi connectivity index (χ0) is 15.8. The number of benzene rings is 1. The lowest BCUT2D eigenvalue weighted by atomic mass is 10.2. The largest absolute Gasteiger partial charge is 0.497 e. The number of rotatable bonds is 8. The highest BCUT2D eigenvalue weighted by molar-refractivity contribution is 5.64. The number of aromatic nitrogens is 3. The van der Waals surface area contributed by atoms with Gasteiger partial charge in [-0.1, -0.05) is 13.3 Å². The minimum atomic E-state index is 0.407. The molecule has 0 atom stereocenters. The Labute approximate surface area is 130 Å². The molecule has 0 aliphatic carbocycles. The van der Waals surface area contributed by atoms with Crippen LogP contribution in [0, 0.1) is 0 Å². The molecular formula is C15H21N5O2. The van der Waals surface area contributed by atoms with Gasteiger partial charge in [-0.25, -0.2) is 0 Å². The standard InChI is InChI=1S/C15H21N5O2/c1-4-5-8-16-14-10-17-20-15(19-14)18-12-7-6-11(21-2)9-13(12)22-3/h6-7,9-10H,4-5,8H2,1-3H3,(H2,16,18,19,20). The molecule has 0 bridgehead atoms. The summed E-state index contributed by atoms with van der Waals surface area (Å²) in [7, 11) is 3.21. The molecule has 1 aromatic carbocycles. The van der Waals surface area contributed by atoms with Crippen molar-refractivity contribution in [1.29, 1.82) is 0 Å². The number of nitrogens with zero attached hydrogens (tertiary/aromatic N) is 3. The average molecular weight is 303 g/mol. The third kappa shape index (κ3) is 4.21. The van der Waals surface area contributed by atoms with Crippen LogP contribution in [0.15, 0.2) is 24.4 Å². The van der Waals surface area contributed by atoms with E-state index in [0.717, 1.165) is 30.8 Å². The van der Waals surface area contributed by atoms with Gasteiger partial charge in [0.25, 0.3) is 0 Å². The number of methoxy groups -OCH3 is 2. The lowest BCUT2D eigenvalue weighted by molar-refractivity contribution is 0.395. The second-order valence-electron chi connectivity index (χ2n) is 4.64. The van der Waals surface area contributed by atoms with Gasteiger partial charge in [0.15, 0.2) is 5.82 Å². The van der Waals surface area contributed by atoms with Crippen LogP contribution in [0.25, 0.3) is 0 Å². The van der Waals surface area contributed by atoms with E-state index < -0.39 is 0 Å². The Hall–Kier alpha value is -2.57. The van der Waals surface area contributed by atoms with Crippen molar-refractivity contribution in [2.45, 2.75) is 19.8 Å². The Morgan fingerprint density at radius 1 is 1.18 bits per heavy atom. The number of unbranched alkanes of at least 4 members (excludes halogenated alkanes) is 1. The second kappa shape index (κ2) is 8.02. The summed E-state index contributed by atoms with van der Waals surface area (Å²) in [5, 5.41) is 14.2. The van der Waals surface area contributed by atoms with Gasteiger partial charge in [0.1, 0.15) is 11.5 Å². The van der Waals surface area contributed by atoms with Crippen LogP contribution < -0.4 is 20.1 Å². The maximum Gasteiger partial charge on any atom is 0.249 e. The molecule has 0 saturated carbocycles. The summed E-state index contributed by atoms with van der Waals surface area (Å²) in [5.41, 5.74) is 0.746. The molecule has 0 fully saturated rings. The SMILES string of the molecule is CCCCNc1cnnc(Nc2ccc(OC)cc2OC)n1. The van der Waals surface area contributed by atoms with Crippen LogP contribution >= 0.6 is 0 Å². The van der Waals surface area contributed by atoms with Crippen LogP contribution in [0.4, 0.5) is 17.5 Å². The summed E-state index contributed by atoms with van der Waals surface area (Å²) in [6, 6.07) is 5.47. The molecule has 7 nitrogen and oxygen atoms in total. The quantitative estimate of drug-likeness (QED) is 0.726. The average Bonchev–Trinajstić information content (AvgIpc) is 2.56. The predicted molar refractivity (Wildman–Crippen MR) is 86.1 cm³/mol. The molecule has 0 spiro atoms. The van der Waals surface area contributed by atoms with E-state index in [2.05, 4.69) is 32.7 Å². The van der Waals surface area contributed by atoms with Crippen LogP contribution in [-0.4, -0.2) is 35.9 Å². The monoisotopic (exact) mass is 303 g/mol. The van der Waals surface area contributed by atoms with Crippen molar-refractivity contribution in [3.63, 3.8) is 0 Å². The van der Waals surface area contributed by atoms with Gasteiger partial charge in [-0.3, -0.25) is 0 Å². The molecule has 0 saturated heterocycles. The second-order valence-corrected chi connectivity index (χ2v) is 4.64. The molecule has 1 aromatic heterocycles. The fraction of sp³-hybridized carbons (Fsp3) is 0.400. The molecule has 2 rings (SSSR count). The summed E-state index contributed by atoms with van der Waals surface area (Å²) in [4.78, 5) is 4.38. The van der Waals surface area contributed by atoms with Gasteiger partial charge in [-0.15, -0.1) is 5.10 Å². The summed E-state index contributed by atoms with van der Waals surface area (Å²) in [5.74, 6) is 2.46. The first-order valence-electron chi connectivity index (χ1n) is 7.19. The molecule has 118 valence electrons. The van der Waals surface area contributed by atoms with E-state index in [-0.39, 0.29) is 0 Å². The van der Waals surface area contributed by atoms with Gasteiger partial charge in [0.2, 0.25) is 5.95 Å². The highest BCUT2D eigenvalue weighted by Crippen LogP contribution is 2.30. The Bertz CT molecular complexity index is 606. The van der Waals surface area contributed by atoms with Crippen molar-refractivity contribution >= 4 is 17.5 Å². The molecule has 0 radical (unpaired) electrons. The molecule has 0 unspecified atom stereocenters. The molecule has 2 N–H and O–H groups in total. The Balaban J connectivity index is 2.11. The number of anilines is 3. The number of ether oxygens (including phenoxy) is 2. The normalized spacial score (nSPS) is 10.1. The summed E-state index contributed by atoms with van der Waals surface area (Å²) in [6.45, 7) is 3.00. The van der Waals surface area contributed by atoms with E-state index in [1.807, 2.05) is 12.1 Å². The smallest absolute Gasteiger partial charge is 0.249 e. The van der Waals surface area contributed by atoms with Crippen molar-refractivity contribution in [3.05, 3.63) is 24.4 Å². The minimum absolute atomic E-state index is 0.407. The Morgan fingerprint density at radius 3 is 2.77 bits per heavy atom. The van der Waals surface area contributed by atoms with E-state index in [4.69, 9.17) is 9.47 Å². The van der Waals surface area contributed by atoms with E-state index in [1.165, 1.54) is 0 Å². The summed E-state index contributed by atoms with van der Waals surface area (Å²) in [6.07, 6.45) is 3.81. The number of hydrogen-bond acceptors (Lipinski definition) is 7. The highest BCUT2D eigenvalue weighted by Gasteiger charge is 2.07. The van der Waals surface area contributed by atoms with Crippen molar-refractivity contribution in [1.82, 2.24) is 15.2 Å². The third-order valence-corrected chi connectivity index (χ3v) is 3.05. The van der Waals surface area contributed by atoms with Crippen molar-refractivity contribution in [2.75, 3.05) is 31.4 Å². The van der Waals surface area contributed by atoms with Crippen LogP contribution in [0.1, 0.15) is 19.8 Å². The lowest BCUT2D eigenvalue weighted by Crippen LogP contribution is -2.07. The predicted octanol–water partition coefficient (Wildman–Crippen LogP) is 2.84. The van der Waals surface area contributed by atoms with E-state index in [1.54, 1.807) is 26.5 Å². The van der Waals surface area contributed by atoms with Crippen LogP contribution in [0.3, 0.4) is 0 Å². The van der Waals surface area contributed by atoms with Crippen LogP contribution in [-0.2, 0) is 0 Å². The molecular weight excluding hydrogens is 282 g/mol. The molecule has 1 heterocycles. The van der Waals surface area contributed by atoms with Crippen LogP contribution in [0.2, 0.25) is 0 Å². The maximum atomic E-state index is 5.34.